The molecule has 1 rings (SSSR count). The number of aliphatic hydroxyl groups is 1. The van der Waals surface area contributed by atoms with Gasteiger partial charge in [-0.05, 0) is 25.2 Å². The molecule has 0 aromatic carbocycles. The summed E-state index contributed by atoms with van der Waals surface area (Å²) in [7, 11) is 3.59. The third-order valence-electron chi connectivity index (χ3n) is 3.84. The van der Waals surface area contributed by atoms with Crippen LogP contribution in [0.2, 0.25) is 0 Å². The lowest BCUT2D eigenvalue weighted by atomic mass is 9.97. The van der Waals surface area contributed by atoms with Crippen LogP contribution in [0.5, 0.6) is 0 Å². The highest BCUT2D eigenvalue weighted by molar-refractivity contribution is 5.73. The van der Waals surface area contributed by atoms with Crippen LogP contribution in [0.25, 0.3) is 0 Å². The molecule has 1 aliphatic heterocycles. The van der Waals surface area contributed by atoms with Crippen molar-refractivity contribution in [2.45, 2.75) is 45.2 Å². The zero-order valence-electron chi connectivity index (χ0n) is 12.7. The van der Waals surface area contributed by atoms with Crippen molar-refractivity contribution in [3.8, 4) is 0 Å². The predicted molar refractivity (Wildman–Crippen MR) is 77.1 cm³/mol. The number of likely N-dealkylation sites (tertiary alicyclic amines) is 1. The molecule has 0 bridgehead atoms. The van der Waals surface area contributed by atoms with Crippen LogP contribution in [-0.4, -0.2) is 66.8 Å². The van der Waals surface area contributed by atoms with E-state index < -0.39 is 0 Å². The summed E-state index contributed by atoms with van der Waals surface area (Å²) in [4.78, 5) is 15.4. The smallest absolute Gasteiger partial charge is 0.319 e. The molecule has 5 heteroatoms. The molecule has 2 amide bonds. The van der Waals surface area contributed by atoms with Gasteiger partial charge in [0.15, 0.2) is 0 Å². The van der Waals surface area contributed by atoms with E-state index in [1.54, 1.807) is 19.0 Å². The van der Waals surface area contributed by atoms with Crippen molar-refractivity contribution in [1.29, 1.82) is 0 Å². The van der Waals surface area contributed by atoms with E-state index in [-0.39, 0.29) is 12.6 Å². The zero-order valence-corrected chi connectivity index (χ0v) is 12.7. The van der Waals surface area contributed by atoms with Crippen LogP contribution in [0.3, 0.4) is 0 Å². The van der Waals surface area contributed by atoms with Crippen molar-refractivity contribution < 1.29 is 9.90 Å². The molecule has 1 unspecified atom stereocenters. The Bertz CT molecular complexity index is 274. The number of urea groups is 1. The van der Waals surface area contributed by atoms with Crippen molar-refractivity contribution in [3.05, 3.63) is 0 Å². The molecule has 1 aliphatic rings. The summed E-state index contributed by atoms with van der Waals surface area (Å²) in [5.74, 6) is 0.522. The minimum Gasteiger partial charge on any atom is -0.396 e. The highest BCUT2D eigenvalue weighted by atomic mass is 16.3. The third-order valence-corrected chi connectivity index (χ3v) is 3.84. The van der Waals surface area contributed by atoms with E-state index in [9.17, 15) is 4.79 Å². The van der Waals surface area contributed by atoms with Gasteiger partial charge in [0.1, 0.15) is 0 Å². The Morgan fingerprint density at radius 3 is 2.37 bits per heavy atom. The fraction of sp³-hybridized carbons (Fsp3) is 0.929. The van der Waals surface area contributed by atoms with Crippen LogP contribution < -0.4 is 5.32 Å². The van der Waals surface area contributed by atoms with Gasteiger partial charge in [-0.25, -0.2) is 4.79 Å². The minimum atomic E-state index is 0.106. The normalized spacial score (nSPS) is 18.7. The number of carbonyl (C=O) groups excluding carboxylic acids is 1. The largest absolute Gasteiger partial charge is 0.396 e. The summed E-state index contributed by atoms with van der Waals surface area (Å²) in [6.45, 7) is 6.22. The predicted octanol–water partition coefficient (Wildman–Crippen LogP) is 1.13. The van der Waals surface area contributed by atoms with E-state index in [1.807, 2.05) is 4.90 Å². The van der Waals surface area contributed by atoms with Gasteiger partial charge in [0.2, 0.25) is 0 Å². The molecule has 112 valence electrons. The van der Waals surface area contributed by atoms with Crippen LogP contribution in [0.1, 0.15) is 33.1 Å². The van der Waals surface area contributed by atoms with Gasteiger partial charge in [-0.1, -0.05) is 13.8 Å². The van der Waals surface area contributed by atoms with Crippen LogP contribution in [0.4, 0.5) is 4.79 Å². The molecular formula is C14H29N3O2. The fourth-order valence-electron chi connectivity index (χ4n) is 2.57. The molecular weight excluding hydrogens is 242 g/mol. The first-order valence-corrected chi connectivity index (χ1v) is 7.28. The van der Waals surface area contributed by atoms with Gasteiger partial charge >= 0.3 is 6.03 Å². The van der Waals surface area contributed by atoms with E-state index in [4.69, 9.17) is 5.11 Å². The molecule has 0 aromatic heterocycles. The molecule has 1 heterocycles. The number of piperidine rings is 1. The van der Waals surface area contributed by atoms with E-state index >= 15 is 0 Å². The van der Waals surface area contributed by atoms with Gasteiger partial charge in [0.05, 0.1) is 0 Å². The molecule has 1 fully saturated rings. The van der Waals surface area contributed by atoms with Crippen LogP contribution in [-0.2, 0) is 0 Å². The SMILES string of the molecule is CC(C)C(CCO)NC1CCN(C(=O)N(C)C)CC1. The van der Waals surface area contributed by atoms with E-state index in [2.05, 4.69) is 19.2 Å². The molecule has 0 spiro atoms. The summed E-state index contributed by atoms with van der Waals surface area (Å²) < 4.78 is 0. The van der Waals surface area contributed by atoms with Crippen LogP contribution in [0.15, 0.2) is 0 Å². The summed E-state index contributed by atoms with van der Waals surface area (Å²) >= 11 is 0. The highest BCUT2D eigenvalue weighted by Gasteiger charge is 2.25. The highest BCUT2D eigenvalue weighted by Crippen LogP contribution is 2.15. The summed E-state index contributed by atoms with van der Waals surface area (Å²) in [5.41, 5.74) is 0. The molecule has 0 saturated carbocycles. The first-order chi connectivity index (χ1) is 8.95. The number of hydrogen-bond acceptors (Lipinski definition) is 3. The van der Waals surface area contributed by atoms with Crippen LogP contribution >= 0.6 is 0 Å². The van der Waals surface area contributed by atoms with E-state index in [1.165, 1.54) is 0 Å². The van der Waals surface area contributed by atoms with Crippen molar-refractivity contribution in [2.75, 3.05) is 33.8 Å². The monoisotopic (exact) mass is 271 g/mol. The molecule has 1 atom stereocenters. The quantitative estimate of drug-likeness (QED) is 0.788. The third kappa shape index (κ3) is 4.99. The van der Waals surface area contributed by atoms with Crippen molar-refractivity contribution in [3.63, 3.8) is 0 Å². The number of aliphatic hydroxyl groups excluding tert-OH is 1. The van der Waals surface area contributed by atoms with Gasteiger partial charge < -0.3 is 20.2 Å². The Morgan fingerprint density at radius 2 is 1.95 bits per heavy atom. The maximum atomic E-state index is 11.8. The number of rotatable bonds is 5. The van der Waals surface area contributed by atoms with Gasteiger partial charge in [-0.3, -0.25) is 0 Å². The summed E-state index contributed by atoms with van der Waals surface area (Å²) in [6, 6.07) is 0.936. The fourth-order valence-corrected chi connectivity index (χ4v) is 2.57. The maximum Gasteiger partial charge on any atom is 0.319 e. The topological polar surface area (TPSA) is 55.8 Å². The Kier molecular flexibility index (Phi) is 6.58. The lowest BCUT2D eigenvalue weighted by molar-refractivity contribution is 0.146. The van der Waals surface area contributed by atoms with Crippen molar-refractivity contribution in [2.24, 2.45) is 5.92 Å². The number of nitrogens with zero attached hydrogens (tertiary/aromatic N) is 2. The summed E-state index contributed by atoms with van der Waals surface area (Å²) in [5, 5.41) is 12.7. The first-order valence-electron chi connectivity index (χ1n) is 7.28. The maximum absolute atomic E-state index is 11.8. The Labute approximate surface area is 117 Å². The lowest BCUT2D eigenvalue weighted by Crippen LogP contribution is -2.51. The molecule has 0 radical (unpaired) electrons. The summed E-state index contributed by atoms with van der Waals surface area (Å²) in [6.07, 6.45) is 2.79. The first kappa shape index (κ1) is 16.2. The second-order valence-corrected chi connectivity index (χ2v) is 5.97. The van der Waals surface area contributed by atoms with Crippen LogP contribution in [0, 0.1) is 5.92 Å². The van der Waals surface area contributed by atoms with Gasteiger partial charge in [-0.15, -0.1) is 0 Å². The molecule has 1 saturated heterocycles. The second kappa shape index (κ2) is 7.70. The molecule has 19 heavy (non-hydrogen) atoms. The van der Waals surface area contributed by atoms with Gasteiger partial charge in [-0.2, -0.15) is 0 Å². The van der Waals surface area contributed by atoms with E-state index in [0.717, 1.165) is 32.4 Å². The molecule has 2 N–H and O–H groups in total. The average Bonchev–Trinajstić information content (AvgIpc) is 2.38. The molecule has 0 aliphatic carbocycles. The molecule has 0 aromatic rings. The molecule has 5 nitrogen and oxygen atoms in total. The van der Waals surface area contributed by atoms with Crippen molar-refractivity contribution >= 4 is 6.03 Å². The standard InChI is InChI=1S/C14H29N3O2/c1-11(2)13(7-10-18)15-12-5-8-17(9-6-12)14(19)16(3)4/h11-13,15,18H,5-10H2,1-4H3. The number of amides is 2. The Balaban J connectivity index is 2.39. The Hall–Kier alpha value is -0.810. The number of nitrogens with one attached hydrogen (secondary N) is 1. The minimum absolute atomic E-state index is 0.106. The number of hydrogen-bond donors (Lipinski definition) is 2. The zero-order chi connectivity index (χ0) is 14.4. The van der Waals surface area contributed by atoms with E-state index in [0.29, 0.717) is 18.0 Å². The van der Waals surface area contributed by atoms with Gasteiger partial charge in [0, 0.05) is 45.9 Å². The Morgan fingerprint density at radius 1 is 1.37 bits per heavy atom. The van der Waals surface area contributed by atoms with Crippen molar-refractivity contribution in [1.82, 2.24) is 15.1 Å². The lowest BCUT2D eigenvalue weighted by Gasteiger charge is -2.36. The van der Waals surface area contributed by atoms with Gasteiger partial charge in [0.25, 0.3) is 0 Å². The number of carbonyl (C=O) groups is 1. The average molecular weight is 271 g/mol. The second-order valence-electron chi connectivity index (χ2n) is 5.97.